The van der Waals surface area contributed by atoms with E-state index in [1.54, 1.807) is 14.0 Å². The number of rotatable bonds is 5. The third kappa shape index (κ3) is 2.89. The topological polar surface area (TPSA) is 71.1 Å². The number of aromatic amines is 1. The highest BCUT2D eigenvalue weighted by Crippen LogP contribution is 2.31. The van der Waals surface area contributed by atoms with Gasteiger partial charge in [0.25, 0.3) is 5.91 Å². The number of hydrogen-bond donors (Lipinski definition) is 1. The zero-order chi connectivity index (χ0) is 14.8. The number of benzene rings is 1. The average molecular weight is 286 g/mol. The Labute approximate surface area is 123 Å². The van der Waals surface area contributed by atoms with Gasteiger partial charge in [-0.25, -0.2) is 4.98 Å². The number of aromatic nitrogens is 3. The molecule has 3 rings (SSSR count). The second-order valence-corrected chi connectivity index (χ2v) is 5.22. The maximum absolute atomic E-state index is 12.6. The van der Waals surface area contributed by atoms with E-state index in [-0.39, 0.29) is 17.8 Å². The Kier molecular flexibility index (Phi) is 3.60. The second-order valence-electron chi connectivity index (χ2n) is 5.22. The van der Waals surface area contributed by atoms with Crippen molar-refractivity contribution < 1.29 is 9.53 Å². The van der Waals surface area contributed by atoms with Crippen LogP contribution in [0.25, 0.3) is 0 Å². The highest BCUT2D eigenvalue weighted by molar-refractivity contribution is 5.90. The number of para-hydroxylation sites is 1. The van der Waals surface area contributed by atoms with E-state index < -0.39 is 0 Å². The minimum Gasteiger partial charge on any atom is -0.496 e. The van der Waals surface area contributed by atoms with Crippen LogP contribution in [0.4, 0.5) is 0 Å². The number of hydrogen-bond acceptors (Lipinski definition) is 4. The lowest BCUT2D eigenvalue weighted by molar-refractivity contribution is 0.0716. The summed E-state index contributed by atoms with van der Waals surface area (Å²) in [6, 6.07) is 8.03. The summed E-state index contributed by atoms with van der Waals surface area (Å²) >= 11 is 0. The molecule has 0 atom stereocenters. The Morgan fingerprint density at radius 2 is 2.19 bits per heavy atom. The molecule has 1 saturated carbocycles. The van der Waals surface area contributed by atoms with Crippen LogP contribution in [-0.2, 0) is 6.54 Å². The van der Waals surface area contributed by atoms with Crippen molar-refractivity contribution in [3.8, 4) is 5.75 Å². The van der Waals surface area contributed by atoms with E-state index in [4.69, 9.17) is 4.74 Å². The van der Waals surface area contributed by atoms with Crippen LogP contribution in [0.2, 0.25) is 0 Å². The molecule has 1 heterocycles. The third-order valence-electron chi connectivity index (χ3n) is 3.57. The standard InChI is InChI=1S/C15H18N4O2/c1-10-16-14(18-17-10)15(20)19(12-7-8-12)9-11-5-3-4-6-13(11)21-2/h3-6,12H,7-9H2,1-2H3,(H,16,17,18). The van der Waals surface area contributed by atoms with Crippen molar-refractivity contribution in [2.24, 2.45) is 0 Å². The maximum atomic E-state index is 12.6. The van der Waals surface area contributed by atoms with Crippen molar-refractivity contribution >= 4 is 5.91 Å². The van der Waals surface area contributed by atoms with Crippen LogP contribution < -0.4 is 4.74 Å². The lowest BCUT2D eigenvalue weighted by Gasteiger charge is -2.22. The fourth-order valence-corrected chi connectivity index (χ4v) is 2.34. The van der Waals surface area contributed by atoms with Crippen molar-refractivity contribution in [1.82, 2.24) is 20.1 Å². The molecule has 1 fully saturated rings. The normalized spacial score (nSPS) is 14.0. The number of nitrogens with one attached hydrogen (secondary N) is 1. The van der Waals surface area contributed by atoms with Gasteiger partial charge in [-0.2, -0.15) is 0 Å². The predicted molar refractivity (Wildman–Crippen MR) is 77.0 cm³/mol. The van der Waals surface area contributed by atoms with Crippen LogP contribution in [0, 0.1) is 6.92 Å². The van der Waals surface area contributed by atoms with Gasteiger partial charge in [-0.1, -0.05) is 18.2 Å². The van der Waals surface area contributed by atoms with Gasteiger partial charge in [0.1, 0.15) is 11.6 Å². The smallest absolute Gasteiger partial charge is 0.294 e. The highest BCUT2D eigenvalue weighted by Gasteiger charge is 2.35. The minimum atomic E-state index is -0.132. The molecule has 6 nitrogen and oxygen atoms in total. The van der Waals surface area contributed by atoms with E-state index in [1.165, 1.54) is 0 Å². The molecule has 0 unspecified atom stereocenters. The van der Waals surface area contributed by atoms with E-state index >= 15 is 0 Å². The van der Waals surface area contributed by atoms with E-state index in [0.717, 1.165) is 24.2 Å². The Morgan fingerprint density at radius 3 is 2.81 bits per heavy atom. The number of amides is 1. The molecule has 0 radical (unpaired) electrons. The summed E-state index contributed by atoms with van der Waals surface area (Å²) in [5.41, 5.74) is 0.993. The number of ether oxygens (including phenoxy) is 1. The summed E-state index contributed by atoms with van der Waals surface area (Å²) < 4.78 is 5.36. The van der Waals surface area contributed by atoms with Crippen molar-refractivity contribution in [2.75, 3.05) is 7.11 Å². The molecule has 1 aromatic carbocycles. The molecule has 0 saturated heterocycles. The molecule has 0 aliphatic heterocycles. The van der Waals surface area contributed by atoms with Gasteiger partial charge in [0, 0.05) is 11.6 Å². The zero-order valence-electron chi connectivity index (χ0n) is 12.2. The largest absolute Gasteiger partial charge is 0.496 e. The number of nitrogens with zero attached hydrogens (tertiary/aromatic N) is 3. The molecule has 0 bridgehead atoms. The number of aryl methyl sites for hydroxylation is 1. The first-order chi connectivity index (χ1) is 10.2. The number of H-pyrrole nitrogens is 1. The summed E-state index contributed by atoms with van der Waals surface area (Å²) in [4.78, 5) is 18.6. The summed E-state index contributed by atoms with van der Waals surface area (Å²) in [7, 11) is 1.64. The molecule has 2 aromatic rings. The number of carbonyl (C=O) groups excluding carboxylic acids is 1. The SMILES string of the molecule is COc1ccccc1CN(C(=O)c1n[nH]c(C)n1)C1CC1. The predicted octanol–water partition coefficient (Wildman–Crippen LogP) is 1.93. The second kappa shape index (κ2) is 5.55. The van der Waals surface area contributed by atoms with Gasteiger partial charge in [-0.3, -0.25) is 9.89 Å². The molecule has 21 heavy (non-hydrogen) atoms. The van der Waals surface area contributed by atoms with Crippen molar-refractivity contribution in [2.45, 2.75) is 32.4 Å². The molecular formula is C15H18N4O2. The minimum absolute atomic E-state index is 0.132. The molecule has 1 N–H and O–H groups in total. The van der Waals surface area contributed by atoms with Crippen molar-refractivity contribution in [3.05, 3.63) is 41.5 Å². The van der Waals surface area contributed by atoms with E-state index in [2.05, 4.69) is 15.2 Å². The Hall–Kier alpha value is -2.37. The molecule has 0 spiro atoms. The van der Waals surface area contributed by atoms with Crippen LogP contribution in [-0.4, -0.2) is 39.1 Å². The number of carbonyl (C=O) groups is 1. The highest BCUT2D eigenvalue weighted by atomic mass is 16.5. The Morgan fingerprint density at radius 1 is 1.43 bits per heavy atom. The zero-order valence-corrected chi connectivity index (χ0v) is 12.2. The molecular weight excluding hydrogens is 268 g/mol. The van der Waals surface area contributed by atoms with Gasteiger partial charge in [0.2, 0.25) is 5.82 Å². The summed E-state index contributed by atoms with van der Waals surface area (Å²) in [5, 5.41) is 6.69. The lowest BCUT2D eigenvalue weighted by atomic mass is 10.2. The van der Waals surface area contributed by atoms with Gasteiger partial charge in [-0.05, 0) is 25.8 Å². The lowest BCUT2D eigenvalue weighted by Crippen LogP contribution is -2.33. The first-order valence-corrected chi connectivity index (χ1v) is 7.01. The van der Waals surface area contributed by atoms with Crippen molar-refractivity contribution in [3.63, 3.8) is 0 Å². The molecule has 1 amide bonds. The molecule has 1 aromatic heterocycles. The Bertz CT molecular complexity index is 649. The van der Waals surface area contributed by atoms with Gasteiger partial charge in [-0.15, -0.1) is 5.10 Å². The van der Waals surface area contributed by atoms with Crippen LogP contribution in [0.3, 0.4) is 0 Å². The van der Waals surface area contributed by atoms with Gasteiger partial charge in [0.15, 0.2) is 0 Å². The molecule has 1 aliphatic rings. The third-order valence-corrected chi connectivity index (χ3v) is 3.57. The summed E-state index contributed by atoms with van der Waals surface area (Å²) in [6.45, 7) is 2.30. The first-order valence-electron chi connectivity index (χ1n) is 7.01. The van der Waals surface area contributed by atoms with Crippen LogP contribution in [0.5, 0.6) is 5.75 Å². The van der Waals surface area contributed by atoms with Gasteiger partial charge < -0.3 is 9.64 Å². The summed E-state index contributed by atoms with van der Waals surface area (Å²) in [5.74, 6) is 1.54. The van der Waals surface area contributed by atoms with Gasteiger partial charge in [0.05, 0.1) is 13.7 Å². The van der Waals surface area contributed by atoms with Gasteiger partial charge >= 0.3 is 0 Å². The molecule has 110 valence electrons. The van der Waals surface area contributed by atoms with E-state index in [9.17, 15) is 4.79 Å². The van der Waals surface area contributed by atoms with Crippen molar-refractivity contribution in [1.29, 1.82) is 0 Å². The quantitative estimate of drug-likeness (QED) is 0.911. The summed E-state index contributed by atoms with van der Waals surface area (Å²) in [6.07, 6.45) is 2.06. The van der Waals surface area contributed by atoms with Crippen LogP contribution in [0.1, 0.15) is 34.8 Å². The first kappa shape index (κ1) is 13.6. The van der Waals surface area contributed by atoms with E-state index in [1.807, 2.05) is 29.2 Å². The van der Waals surface area contributed by atoms with E-state index in [0.29, 0.717) is 12.4 Å². The molecule has 6 heteroatoms. The maximum Gasteiger partial charge on any atom is 0.294 e. The Balaban J connectivity index is 1.83. The average Bonchev–Trinajstić information content (AvgIpc) is 3.25. The van der Waals surface area contributed by atoms with Crippen LogP contribution in [0.15, 0.2) is 24.3 Å². The van der Waals surface area contributed by atoms with Crippen LogP contribution >= 0.6 is 0 Å². The fourth-order valence-electron chi connectivity index (χ4n) is 2.34. The fraction of sp³-hybridized carbons (Fsp3) is 0.400. The monoisotopic (exact) mass is 286 g/mol. The molecule has 1 aliphatic carbocycles. The number of methoxy groups -OCH3 is 1.